The number of aromatic nitrogens is 2. The Kier molecular flexibility index (Phi) is 5.54. The molecule has 3 aromatic rings. The van der Waals surface area contributed by atoms with Crippen molar-refractivity contribution in [1.82, 2.24) is 15.3 Å². The predicted octanol–water partition coefficient (Wildman–Crippen LogP) is 3.18. The standard InChI is InChI=1S/C21H23N3O3/c1-4-17-13(2)12-16(20(26)23-17)19(25)22-11-10-18-14(3)27-21(24-18)15-8-6-5-7-9-15/h5-9,12H,4,10-11H2,1-3H3,(H,22,25)(H,23,26). The molecule has 140 valence electrons. The molecule has 6 heteroatoms. The van der Waals surface area contributed by atoms with E-state index in [1.54, 1.807) is 6.07 Å². The lowest BCUT2D eigenvalue weighted by Crippen LogP contribution is -2.31. The van der Waals surface area contributed by atoms with E-state index < -0.39 is 0 Å². The number of hydrogen-bond acceptors (Lipinski definition) is 4. The van der Waals surface area contributed by atoms with Crippen LogP contribution in [0.15, 0.2) is 45.6 Å². The Labute approximate surface area is 157 Å². The van der Waals surface area contributed by atoms with Gasteiger partial charge in [0, 0.05) is 24.2 Å². The zero-order valence-electron chi connectivity index (χ0n) is 15.8. The van der Waals surface area contributed by atoms with Crippen LogP contribution in [-0.2, 0) is 12.8 Å². The van der Waals surface area contributed by atoms with E-state index in [4.69, 9.17) is 4.42 Å². The molecular formula is C21H23N3O3. The fourth-order valence-electron chi connectivity index (χ4n) is 2.96. The lowest BCUT2D eigenvalue weighted by atomic mass is 10.1. The van der Waals surface area contributed by atoms with E-state index in [1.165, 1.54) is 0 Å². The molecule has 6 nitrogen and oxygen atoms in total. The highest BCUT2D eigenvalue weighted by atomic mass is 16.4. The topological polar surface area (TPSA) is 88.0 Å². The van der Waals surface area contributed by atoms with Gasteiger partial charge in [-0.2, -0.15) is 0 Å². The van der Waals surface area contributed by atoms with Crippen molar-refractivity contribution in [2.45, 2.75) is 33.6 Å². The van der Waals surface area contributed by atoms with Crippen LogP contribution in [0.4, 0.5) is 0 Å². The lowest BCUT2D eigenvalue weighted by molar-refractivity contribution is 0.0952. The summed E-state index contributed by atoms with van der Waals surface area (Å²) in [4.78, 5) is 31.7. The number of carbonyl (C=O) groups excluding carboxylic acids is 1. The molecule has 27 heavy (non-hydrogen) atoms. The van der Waals surface area contributed by atoms with Crippen molar-refractivity contribution >= 4 is 5.91 Å². The maximum absolute atomic E-state index is 12.3. The Hall–Kier alpha value is -3.15. The van der Waals surface area contributed by atoms with Crippen LogP contribution in [0, 0.1) is 13.8 Å². The van der Waals surface area contributed by atoms with Crippen molar-refractivity contribution in [2.24, 2.45) is 0 Å². The van der Waals surface area contributed by atoms with E-state index in [9.17, 15) is 9.59 Å². The third-order valence-corrected chi connectivity index (χ3v) is 4.50. The molecule has 2 aromatic heterocycles. The first kappa shape index (κ1) is 18.6. The van der Waals surface area contributed by atoms with Crippen LogP contribution in [0.1, 0.15) is 40.0 Å². The van der Waals surface area contributed by atoms with Crippen LogP contribution < -0.4 is 10.9 Å². The molecular weight excluding hydrogens is 342 g/mol. The predicted molar refractivity (Wildman–Crippen MR) is 104 cm³/mol. The largest absolute Gasteiger partial charge is 0.441 e. The van der Waals surface area contributed by atoms with Gasteiger partial charge in [-0.25, -0.2) is 4.98 Å². The van der Waals surface area contributed by atoms with E-state index >= 15 is 0 Å². The van der Waals surface area contributed by atoms with Gasteiger partial charge in [0.15, 0.2) is 0 Å². The zero-order chi connectivity index (χ0) is 19.4. The highest BCUT2D eigenvalue weighted by molar-refractivity contribution is 5.94. The number of benzene rings is 1. The molecule has 0 unspecified atom stereocenters. The summed E-state index contributed by atoms with van der Waals surface area (Å²) in [6.45, 7) is 6.07. The van der Waals surface area contributed by atoms with Crippen molar-refractivity contribution < 1.29 is 9.21 Å². The van der Waals surface area contributed by atoms with Gasteiger partial charge in [0.2, 0.25) is 5.89 Å². The molecule has 2 heterocycles. The van der Waals surface area contributed by atoms with Gasteiger partial charge in [0.25, 0.3) is 11.5 Å². The first-order valence-electron chi connectivity index (χ1n) is 9.02. The lowest BCUT2D eigenvalue weighted by Gasteiger charge is -2.07. The molecule has 0 spiro atoms. The summed E-state index contributed by atoms with van der Waals surface area (Å²) in [7, 11) is 0. The maximum Gasteiger partial charge on any atom is 0.261 e. The van der Waals surface area contributed by atoms with Gasteiger partial charge in [-0.1, -0.05) is 25.1 Å². The molecule has 0 aliphatic rings. The smallest absolute Gasteiger partial charge is 0.261 e. The van der Waals surface area contributed by atoms with Crippen LogP contribution in [0.25, 0.3) is 11.5 Å². The van der Waals surface area contributed by atoms with Crippen molar-refractivity contribution in [2.75, 3.05) is 6.54 Å². The average Bonchev–Trinajstić information content (AvgIpc) is 3.04. The van der Waals surface area contributed by atoms with E-state index in [2.05, 4.69) is 15.3 Å². The van der Waals surface area contributed by atoms with Crippen LogP contribution in [0.2, 0.25) is 0 Å². The Bertz CT molecular complexity index is 1000. The normalized spacial score (nSPS) is 10.8. The highest BCUT2D eigenvalue weighted by Gasteiger charge is 2.14. The van der Waals surface area contributed by atoms with Crippen LogP contribution >= 0.6 is 0 Å². The van der Waals surface area contributed by atoms with Gasteiger partial charge in [-0.15, -0.1) is 0 Å². The number of carbonyl (C=O) groups is 1. The Balaban J connectivity index is 1.65. The first-order valence-corrected chi connectivity index (χ1v) is 9.02. The van der Waals surface area contributed by atoms with E-state index in [0.717, 1.165) is 34.7 Å². The van der Waals surface area contributed by atoms with Crippen molar-refractivity contribution in [3.05, 3.63) is 75.0 Å². The Morgan fingerprint density at radius 3 is 2.67 bits per heavy atom. The van der Waals surface area contributed by atoms with E-state index in [-0.39, 0.29) is 17.0 Å². The minimum absolute atomic E-state index is 0.131. The van der Waals surface area contributed by atoms with Crippen molar-refractivity contribution in [3.63, 3.8) is 0 Å². The summed E-state index contributed by atoms with van der Waals surface area (Å²) in [5.41, 5.74) is 3.23. The van der Waals surface area contributed by atoms with Gasteiger partial charge in [-0.05, 0) is 44.0 Å². The van der Waals surface area contributed by atoms with Crippen LogP contribution in [0.5, 0.6) is 0 Å². The number of aromatic amines is 1. The second-order valence-corrected chi connectivity index (χ2v) is 6.42. The fourth-order valence-corrected chi connectivity index (χ4v) is 2.96. The monoisotopic (exact) mass is 365 g/mol. The third-order valence-electron chi connectivity index (χ3n) is 4.50. The third kappa shape index (κ3) is 4.16. The number of hydrogen-bond donors (Lipinski definition) is 2. The molecule has 0 aliphatic carbocycles. The summed E-state index contributed by atoms with van der Waals surface area (Å²) in [6.07, 6.45) is 1.25. The molecule has 0 saturated carbocycles. The number of nitrogens with one attached hydrogen (secondary N) is 2. The number of aryl methyl sites for hydroxylation is 3. The molecule has 0 atom stereocenters. The zero-order valence-corrected chi connectivity index (χ0v) is 15.8. The second kappa shape index (κ2) is 8.03. The minimum atomic E-state index is -0.383. The Morgan fingerprint density at radius 2 is 1.96 bits per heavy atom. The Morgan fingerprint density at radius 1 is 1.22 bits per heavy atom. The minimum Gasteiger partial charge on any atom is -0.441 e. The van der Waals surface area contributed by atoms with Crippen LogP contribution in [0.3, 0.4) is 0 Å². The molecule has 3 rings (SSSR count). The van der Waals surface area contributed by atoms with Crippen molar-refractivity contribution in [3.8, 4) is 11.5 Å². The molecule has 1 amide bonds. The molecule has 0 radical (unpaired) electrons. The molecule has 0 saturated heterocycles. The average molecular weight is 365 g/mol. The maximum atomic E-state index is 12.3. The number of oxazole rings is 1. The molecule has 0 aliphatic heterocycles. The number of rotatable bonds is 6. The van der Waals surface area contributed by atoms with E-state index in [0.29, 0.717) is 18.9 Å². The van der Waals surface area contributed by atoms with Gasteiger partial charge in [0.1, 0.15) is 11.3 Å². The van der Waals surface area contributed by atoms with E-state index in [1.807, 2.05) is 51.1 Å². The van der Waals surface area contributed by atoms with Gasteiger partial charge in [0.05, 0.1) is 5.69 Å². The van der Waals surface area contributed by atoms with Crippen LogP contribution in [-0.4, -0.2) is 22.4 Å². The molecule has 1 aromatic carbocycles. The number of amides is 1. The van der Waals surface area contributed by atoms with Gasteiger partial charge in [-0.3, -0.25) is 9.59 Å². The number of nitrogens with zero attached hydrogens (tertiary/aromatic N) is 1. The van der Waals surface area contributed by atoms with Crippen molar-refractivity contribution in [1.29, 1.82) is 0 Å². The first-order chi connectivity index (χ1) is 13.0. The quantitative estimate of drug-likeness (QED) is 0.702. The summed E-state index contributed by atoms with van der Waals surface area (Å²) in [6, 6.07) is 11.3. The summed E-state index contributed by atoms with van der Waals surface area (Å²) in [5, 5.41) is 2.79. The van der Waals surface area contributed by atoms with Gasteiger partial charge < -0.3 is 14.7 Å². The molecule has 2 N–H and O–H groups in total. The summed E-state index contributed by atoms with van der Waals surface area (Å²) < 4.78 is 5.72. The SMILES string of the molecule is CCc1[nH]c(=O)c(C(=O)NCCc2nc(-c3ccccc3)oc2C)cc1C. The second-order valence-electron chi connectivity index (χ2n) is 6.42. The fraction of sp³-hybridized carbons (Fsp3) is 0.286. The number of pyridine rings is 1. The molecule has 0 bridgehead atoms. The number of H-pyrrole nitrogens is 1. The summed E-state index contributed by atoms with van der Waals surface area (Å²) >= 11 is 0. The summed E-state index contributed by atoms with van der Waals surface area (Å²) in [5.74, 6) is 0.909. The molecule has 0 fully saturated rings. The highest BCUT2D eigenvalue weighted by Crippen LogP contribution is 2.21. The van der Waals surface area contributed by atoms with Gasteiger partial charge >= 0.3 is 0 Å².